The quantitative estimate of drug-likeness (QED) is 0.701. The average molecular weight is 252 g/mol. The van der Waals surface area contributed by atoms with E-state index in [1.807, 2.05) is 6.07 Å². The number of hydrogen-bond acceptors (Lipinski definition) is 2. The molecule has 0 bridgehead atoms. The lowest BCUT2D eigenvalue weighted by Crippen LogP contribution is -2.14. The van der Waals surface area contributed by atoms with Crippen molar-refractivity contribution in [2.45, 2.75) is 39.5 Å². The van der Waals surface area contributed by atoms with E-state index < -0.39 is 0 Å². The first-order valence-corrected chi connectivity index (χ1v) is 7.14. The van der Waals surface area contributed by atoms with E-state index in [0.29, 0.717) is 11.8 Å². The van der Waals surface area contributed by atoms with Gasteiger partial charge in [-0.15, -0.1) is 0 Å². The highest BCUT2D eigenvalue weighted by atomic mass is 32.1. The van der Waals surface area contributed by atoms with Crippen molar-refractivity contribution in [3.8, 4) is 5.75 Å². The van der Waals surface area contributed by atoms with Crippen LogP contribution in [0.25, 0.3) is 0 Å². The van der Waals surface area contributed by atoms with Crippen LogP contribution in [0.3, 0.4) is 0 Å². The third-order valence-corrected chi connectivity index (χ3v) is 3.49. The van der Waals surface area contributed by atoms with Crippen LogP contribution in [0.2, 0.25) is 0 Å². The Morgan fingerprint density at radius 3 is 2.53 bits per heavy atom. The number of para-hydroxylation sites is 1. The highest BCUT2D eigenvalue weighted by molar-refractivity contribution is 7.80. The van der Waals surface area contributed by atoms with Crippen LogP contribution < -0.4 is 4.74 Å². The summed E-state index contributed by atoms with van der Waals surface area (Å²) in [7, 11) is 0. The van der Waals surface area contributed by atoms with Gasteiger partial charge >= 0.3 is 0 Å². The first kappa shape index (κ1) is 14.4. The first-order chi connectivity index (χ1) is 8.19. The summed E-state index contributed by atoms with van der Waals surface area (Å²) >= 11 is 4.38. The van der Waals surface area contributed by atoms with Gasteiger partial charge in [0.25, 0.3) is 0 Å². The summed E-state index contributed by atoms with van der Waals surface area (Å²) in [6, 6.07) is 8.33. The van der Waals surface area contributed by atoms with Crippen molar-refractivity contribution in [3.05, 3.63) is 29.8 Å². The molecular formula is C15H24OS. The minimum Gasteiger partial charge on any atom is -0.493 e. The smallest absolute Gasteiger partial charge is 0.122 e. The molecule has 0 aliphatic rings. The summed E-state index contributed by atoms with van der Waals surface area (Å²) in [4.78, 5) is 0. The van der Waals surface area contributed by atoms with E-state index >= 15 is 0 Å². The second-order valence-corrected chi connectivity index (χ2v) is 5.21. The van der Waals surface area contributed by atoms with Crippen LogP contribution in [0.15, 0.2) is 24.3 Å². The summed E-state index contributed by atoms with van der Waals surface area (Å²) < 4.78 is 5.96. The van der Waals surface area contributed by atoms with Crippen molar-refractivity contribution in [1.82, 2.24) is 0 Å². The number of rotatable bonds is 7. The van der Waals surface area contributed by atoms with E-state index in [4.69, 9.17) is 4.74 Å². The zero-order valence-electron chi connectivity index (χ0n) is 11.1. The van der Waals surface area contributed by atoms with Gasteiger partial charge in [-0.25, -0.2) is 0 Å². The van der Waals surface area contributed by atoms with Gasteiger partial charge in [-0.2, -0.15) is 12.6 Å². The molecule has 2 heteroatoms. The van der Waals surface area contributed by atoms with Crippen molar-refractivity contribution in [3.63, 3.8) is 0 Å². The largest absolute Gasteiger partial charge is 0.493 e. The second kappa shape index (κ2) is 7.65. The fraction of sp³-hybridized carbons (Fsp3) is 0.600. The first-order valence-electron chi connectivity index (χ1n) is 6.51. The summed E-state index contributed by atoms with van der Waals surface area (Å²) in [5.41, 5.74) is 1.29. The van der Waals surface area contributed by atoms with E-state index in [1.54, 1.807) is 0 Å². The maximum absolute atomic E-state index is 5.96. The number of ether oxygens (including phenoxy) is 1. The second-order valence-electron chi connectivity index (χ2n) is 4.84. The molecule has 0 aromatic heterocycles. The van der Waals surface area contributed by atoms with Gasteiger partial charge < -0.3 is 4.74 Å². The maximum atomic E-state index is 5.96. The van der Waals surface area contributed by atoms with Crippen LogP contribution in [0.1, 0.15) is 45.1 Å². The number of thiol groups is 1. The van der Waals surface area contributed by atoms with Crippen LogP contribution in [0.5, 0.6) is 5.75 Å². The predicted molar refractivity (Wildman–Crippen MR) is 78.3 cm³/mol. The molecule has 0 saturated carbocycles. The molecule has 0 radical (unpaired) electrons. The molecule has 0 aliphatic heterocycles. The summed E-state index contributed by atoms with van der Waals surface area (Å²) in [6.07, 6.45) is 2.38. The average Bonchev–Trinajstić information content (AvgIpc) is 2.34. The summed E-state index contributed by atoms with van der Waals surface area (Å²) in [5.74, 6) is 3.00. The van der Waals surface area contributed by atoms with Crippen molar-refractivity contribution >= 4 is 12.6 Å². The Kier molecular flexibility index (Phi) is 6.49. The fourth-order valence-electron chi connectivity index (χ4n) is 1.93. The van der Waals surface area contributed by atoms with E-state index in [0.717, 1.165) is 18.1 Å². The Bertz CT molecular complexity index is 322. The molecule has 1 rings (SSSR count). The molecule has 1 aromatic rings. The molecule has 0 spiro atoms. The van der Waals surface area contributed by atoms with Crippen LogP contribution in [-0.4, -0.2) is 12.4 Å². The SMILES string of the molecule is CCCC(CS)COc1ccccc1C(C)C. The highest BCUT2D eigenvalue weighted by Crippen LogP contribution is 2.26. The van der Waals surface area contributed by atoms with Gasteiger partial charge in [0.2, 0.25) is 0 Å². The molecule has 1 aromatic carbocycles. The van der Waals surface area contributed by atoms with E-state index in [2.05, 4.69) is 51.6 Å². The topological polar surface area (TPSA) is 9.23 Å². The Labute approximate surface area is 111 Å². The third-order valence-electron chi connectivity index (χ3n) is 2.97. The molecule has 0 N–H and O–H groups in total. The maximum Gasteiger partial charge on any atom is 0.122 e. The molecule has 0 aliphatic carbocycles. The lowest BCUT2D eigenvalue weighted by molar-refractivity contribution is 0.252. The predicted octanol–water partition coefficient (Wildman–Crippen LogP) is 4.53. The summed E-state index contributed by atoms with van der Waals surface area (Å²) in [5, 5.41) is 0. The molecule has 0 fully saturated rings. The fourth-order valence-corrected chi connectivity index (χ4v) is 2.22. The van der Waals surface area contributed by atoms with Crippen LogP contribution in [-0.2, 0) is 0 Å². The Hall–Kier alpha value is -0.630. The van der Waals surface area contributed by atoms with Crippen LogP contribution in [0, 0.1) is 5.92 Å². The molecule has 1 nitrogen and oxygen atoms in total. The van der Waals surface area contributed by atoms with E-state index in [9.17, 15) is 0 Å². The van der Waals surface area contributed by atoms with Crippen LogP contribution >= 0.6 is 12.6 Å². The lowest BCUT2D eigenvalue weighted by Gasteiger charge is -2.18. The molecule has 96 valence electrons. The zero-order chi connectivity index (χ0) is 12.7. The molecule has 1 unspecified atom stereocenters. The standard InChI is InChI=1S/C15H24OS/c1-4-7-13(11-17)10-16-15-9-6-5-8-14(15)12(2)3/h5-6,8-9,12-13,17H,4,7,10-11H2,1-3H3. The normalized spacial score (nSPS) is 12.8. The van der Waals surface area contributed by atoms with Gasteiger partial charge in [-0.1, -0.05) is 45.4 Å². The van der Waals surface area contributed by atoms with Gasteiger partial charge in [0.05, 0.1) is 6.61 Å². The van der Waals surface area contributed by atoms with E-state index in [-0.39, 0.29) is 0 Å². The Morgan fingerprint density at radius 2 is 1.94 bits per heavy atom. The van der Waals surface area contributed by atoms with Gasteiger partial charge in [-0.3, -0.25) is 0 Å². The molecule has 0 amide bonds. The minimum atomic E-state index is 0.506. The van der Waals surface area contributed by atoms with Gasteiger partial charge in [0.1, 0.15) is 5.75 Å². The Balaban J connectivity index is 2.61. The van der Waals surface area contributed by atoms with Gasteiger partial charge in [0.15, 0.2) is 0 Å². The Morgan fingerprint density at radius 1 is 1.24 bits per heavy atom. The van der Waals surface area contributed by atoms with Crippen molar-refractivity contribution < 1.29 is 4.74 Å². The van der Waals surface area contributed by atoms with Crippen molar-refractivity contribution in [2.75, 3.05) is 12.4 Å². The molecule has 0 saturated heterocycles. The third kappa shape index (κ3) is 4.63. The molecule has 0 heterocycles. The van der Waals surface area contributed by atoms with Crippen LogP contribution in [0.4, 0.5) is 0 Å². The molecular weight excluding hydrogens is 228 g/mol. The number of hydrogen-bond donors (Lipinski definition) is 1. The van der Waals surface area contributed by atoms with Gasteiger partial charge in [0, 0.05) is 5.92 Å². The highest BCUT2D eigenvalue weighted by Gasteiger charge is 2.10. The van der Waals surface area contributed by atoms with E-state index in [1.165, 1.54) is 18.4 Å². The molecule has 1 atom stereocenters. The molecule has 17 heavy (non-hydrogen) atoms. The summed E-state index contributed by atoms with van der Waals surface area (Å²) in [6.45, 7) is 7.38. The zero-order valence-corrected chi connectivity index (χ0v) is 12.0. The van der Waals surface area contributed by atoms with Gasteiger partial charge in [-0.05, 0) is 29.7 Å². The van der Waals surface area contributed by atoms with Crippen molar-refractivity contribution in [1.29, 1.82) is 0 Å². The monoisotopic (exact) mass is 252 g/mol. The lowest BCUT2D eigenvalue weighted by atomic mass is 10.0. The number of benzene rings is 1. The minimum absolute atomic E-state index is 0.506. The van der Waals surface area contributed by atoms with Crippen molar-refractivity contribution in [2.24, 2.45) is 5.92 Å².